The second-order valence-corrected chi connectivity index (χ2v) is 3.48. The predicted molar refractivity (Wildman–Crippen MR) is 63.6 cm³/mol. The Bertz CT molecular complexity index is 367. The standard InChI is InChI=1S/C11H15BO5/c1-16-5-2-6-17-11-4-3-9(8-13)7-10(11)12(14)15/h3-4,7-8,14-15H,2,5-6H2,1H3. The molecule has 1 aromatic carbocycles. The zero-order valence-electron chi connectivity index (χ0n) is 9.63. The molecule has 0 aromatic heterocycles. The first kappa shape index (κ1) is 13.7. The number of methoxy groups -OCH3 is 1. The van der Waals surface area contributed by atoms with Crippen molar-refractivity contribution in [3.63, 3.8) is 0 Å². The van der Waals surface area contributed by atoms with Crippen molar-refractivity contribution in [2.45, 2.75) is 6.42 Å². The Morgan fingerprint density at radius 2 is 2.12 bits per heavy atom. The fourth-order valence-electron chi connectivity index (χ4n) is 1.36. The lowest BCUT2D eigenvalue weighted by molar-refractivity contribution is 0.112. The lowest BCUT2D eigenvalue weighted by atomic mass is 9.79. The van der Waals surface area contributed by atoms with E-state index in [0.29, 0.717) is 37.2 Å². The van der Waals surface area contributed by atoms with Crippen molar-refractivity contribution in [3.8, 4) is 5.75 Å². The molecule has 1 aromatic rings. The van der Waals surface area contributed by atoms with Crippen LogP contribution in [-0.4, -0.2) is 43.8 Å². The molecule has 0 amide bonds. The van der Waals surface area contributed by atoms with Gasteiger partial charge in [-0.1, -0.05) is 0 Å². The van der Waals surface area contributed by atoms with Gasteiger partial charge in [0, 0.05) is 31.2 Å². The average molecular weight is 238 g/mol. The second-order valence-electron chi connectivity index (χ2n) is 3.48. The summed E-state index contributed by atoms with van der Waals surface area (Å²) in [5.41, 5.74) is 0.560. The molecule has 0 fully saturated rings. The maximum atomic E-state index is 10.6. The number of ether oxygens (including phenoxy) is 2. The van der Waals surface area contributed by atoms with Crippen molar-refractivity contribution >= 4 is 18.9 Å². The number of carbonyl (C=O) groups excluding carboxylic acids is 1. The topological polar surface area (TPSA) is 76.0 Å². The Hall–Kier alpha value is -1.37. The second kappa shape index (κ2) is 7.06. The lowest BCUT2D eigenvalue weighted by Gasteiger charge is -2.11. The smallest absolute Gasteiger partial charge is 0.492 e. The minimum absolute atomic E-state index is 0.187. The number of hydrogen-bond acceptors (Lipinski definition) is 5. The molecule has 0 heterocycles. The number of benzene rings is 1. The van der Waals surface area contributed by atoms with E-state index in [1.807, 2.05) is 0 Å². The minimum Gasteiger partial charge on any atom is -0.494 e. The van der Waals surface area contributed by atoms with Gasteiger partial charge in [0.15, 0.2) is 0 Å². The van der Waals surface area contributed by atoms with Gasteiger partial charge in [0.25, 0.3) is 0 Å². The van der Waals surface area contributed by atoms with Crippen molar-refractivity contribution in [1.29, 1.82) is 0 Å². The summed E-state index contributed by atoms with van der Waals surface area (Å²) in [5.74, 6) is 0.363. The molecule has 0 saturated carbocycles. The molecular weight excluding hydrogens is 223 g/mol. The summed E-state index contributed by atoms with van der Waals surface area (Å²) < 4.78 is 10.3. The van der Waals surface area contributed by atoms with E-state index in [-0.39, 0.29) is 5.46 Å². The van der Waals surface area contributed by atoms with Crippen LogP contribution >= 0.6 is 0 Å². The summed E-state index contributed by atoms with van der Waals surface area (Å²) in [6.07, 6.45) is 1.34. The summed E-state index contributed by atoms with van der Waals surface area (Å²) in [6, 6.07) is 4.50. The van der Waals surface area contributed by atoms with E-state index in [1.54, 1.807) is 19.2 Å². The van der Waals surface area contributed by atoms with Gasteiger partial charge in [0.1, 0.15) is 12.0 Å². The maximum Gasteiger partial charge on any atom is 0.492 e. The molecule has 2 N–H and O–H groups in total. The van der Waals surface area contributed by atoms with Crippen LogP contribution in [-0.2, 0) is 4.74 Å². The van der Waals surface area contributed by atoms with Crippen molar-refractivity contribution < 1.29 is 24.3 Å². The van der Waals surface area contributed by atoms with E-state index in [0.717, 1.165) is 0 Å². The Morgan fingerprint density at radius 1 is 1.35 bits per heavy atom. The molecule has 0 spiro atoms. The normalized spacial score (nSPS) is 10.1. The van der Waals surface area contributed by atoms with E-state index in [4.69, 9.17) is 19.5 Å². The molecule has 0 atom stereocenters. The maximum absolute atomic E-state index is 10.6. The Kier molecular flexibility index (Phi) is 5.69. The quantitative estimate of drug-likeness (QED) is 0.384. The van der Waals surface area contributed by atoms with Crippen molar-refractivity contribution in [2.75, 3.05) is 20.3 Å². The highest BCUT2D eigenvalue weighted by Gasteiger charge is 2.17. The SMILES string of the molecule is COCCCOc1ccc(C=O)cc1B(O)O. The lowest BCUT2D eigenvalue weighted by Crippen LogP contribution is -2.32. The van der Waals surface area contributed by atoms with Gasteiger partial charge < -0.3 is 19.5 Å². The van der Waals surface area contributed by atoms with Crippen molar-refractivity contribution in [1.82, 2.24) is 0 Å². The third kappa shape index (κ3) is 4.18. The minimum atomic E-state index is -1.66. The number of carbonyl (C=O) groups is 1. The van der Waals surface area contributed by atoms with Crippen LogP contribution in [0, 0.1) is 0 Å². The van der Waals surface area contributed by atoms with Gasteiger partial charge >= 0.3 is 7.12 Å². The van der Waals surface area contributed by atoms with Gasteiger partial charge in [0.05, 0.1) is 6.61 Å². The summed E-state index contributed by atoms with van der Waals surface area (Å²) in [6.45, 7) is 0.984. The van der Waals surface area contributed by atoms with Gasteiger partial charge in [-0.2, -0.15) is 0 Å². The highest BCUT2D eigenvalue weighted by Crippen LogP contribution is 2.10. The molecule has 0 radical (unpaired) electrons. The van der Waals surface area contributed by atoms with Crippen LogP contribution in [0.3, 0.4) is 0 Å². The third-order valence-corrected chi connectivity index (χ3v) is 2.20. The summed E-state index contributed by atoms with van der Waals surface area (Å²) >= 11 is 0. The van der Waals surface area contributed by atoms with E-state index in [1.165, 1.54) is 6.07 Å². The first-order valence-corrected chi connectivity index (χ1v) is 5.26. The monoisotopic (exact) mass is 238 g/mol. The molecule has 0 unspecified atom stereocenters. The molecule has 0 aliphatic carbocycles. The highest BCUT2D eigenvalue weighted by atomic mass is 16.5. The first-order valence-electron chi connectivity index (χ1n) is 5.26. The Labute approximate surface area is 100 Å². The van der Waals surface area contributed by atoms with E-state index in [9.17, 15) is 4.79 Å². The molecule has 0 saturated heterocycles. The van der Waals surface area contributed by atoms with Gasteiger partial charge in [-0.15, -0.1) is 0 Å². The molecule has 0 aliphatic heterocycles. The van der Waals surface area contributed by atoms with Crippen molar-refractivity contribution in [2.24, 2.45) is 0 Å². The zero-order chi connectivity index (χ0) is 12.7. The highest BCUT2D eigenvalue weighted by molar-refractivity contribution is 6.59. The van der Waals surface area contributed by atoms with E-state index in [2.05, 4.69) is 0 Å². The molecule has 92 valence electrons. The van der Waals surface area contributed by atoms with Crippen LogP contribution in [0.1, 0.15) is 16.8 Å². The first-order chi connectivity index (χ1) is 8.19. The summed E-state index contributed by atoms with van der Waals surface area (Å²) in [7, 11) is -0.0609. The average Bonchev–Trinajstić information content (AvgIpc) is 2.34. The van der Waals surface area contributed by atoms with Crippen LogP contribution in [0.5, 0.6) is 5.75 Å². The zero-order valence-corrected chi connectivity index (χ0v) is 9.63. The van der Waals surface area contributed by atoms with Crippen LogP contribution in [0.2, 0.25) is 0 Å². The fraction of sp³-hybridized carbons (Fsp3) is 0.364. The van der Waals surface area contributed by atoms with E-state index < -0.39 is 7.12 Å². The van der Waals surface area contributed by atoms with Crippen molar-refractivity contribution in [3.05, 3.63) is 23.8 Å². The Morgan fingerprint density at radius 3 is 2.71 bits per heavy atom. The van der Waals surface area contributed by atoms with Crippen LogP contribution in [0.4, 0.5) is 0 Å². The van der Waals surface area contributed by atoms with Crippen LogP contribution < -0.4 is 10.2 Å². The van der Waals surface area contributed by atoms with Gasteiger partial charge in [-0.25, -0.2) is 0 Å². The molecule has 0 bridgehead atoms. The van der Waals surface area contributed by atoms with E-state index >= 15 is 0 Å². The number of hydrogen-bond donors (Lipinski definition) is 2. The van der Waals surface area contributed by atoms with Crippen LogP contribution in [0.25, 0.3) is 0 Å². The summed E-state index contributed by atoms with van der Waals surface area (Å²) in [4.78, 5) is 10.6. The fourth-order valence-corrected chi connectivity index (χ4v) is 1.36. The number of rotatable bonds is 7. The van der Waals surface area contributed by atoms with Crippen LogP contribution in [0.15, 0.2) is 18.2 Å². The molecule has 0 aliphatic rings. The Balaban J connectivity index is 2.72. The predicted octanol–water partition coefficient (Wildman–Crippen LogP) is -0.406. The molecule has 6 heteroatoms. The van der Waals surface area contributed by atoms with Gasteiger partial charge in [-0.05, 0) is 18.2 Å². The molecule has 17 heavy (non-hydrogen) atoms. The number of aldehydes is 1. The molecule has 1 rings (SSSR count). The molecular formula is C11H15BO5. The van der Waals surface area contributed by atoms with Gasteiger partial charge in [-0.3, -0.25) is 4.79 Å². The third-order valence-electron chi connectivity index (χ3n) is 2.20. The largest absolute Gasteiger partial charge is 0.494 e. The summed E-state index contributed by atoms with van der Waals surface area (Å²) in [5, 5.41) is 18.3. The molecule has 5 nitrogen and oxygen atoms in total. The van der Waals surface area contributed by atoms with Gasteiger partial charge in [0.2, 0.25) is 0 Å².